The van der Waals surface area contributed by atoms with Gasteiger partial charge in [0.1, 0.15) is 6.54 Å². The molecule has 3 aromatic rings. The van der Waals surface area contributed by atoms with Gasteiger partial charge in [0.2, 0.25) is 5.91 Å². The normalized spacial score (nSPS) is 10.8. The first kappa shape index (κ1) is 17.7. The Morgan fingerprint density at radius 2 is 1.69 bits per heavy atom. The molecule has 0 aliphatic carbocycles. The van der Waals surface area contributed by atoms with Crippen LogP contribution in [-0.2, 0) is 24.4 Å². The van der Waals surface area contributed by atoms with E-state index in [4.69, 9.17) is 0 Å². The van der Waals surface area contributed by atoms with Gasteiger partial charge in [0.25, 0.3) is 5.56 Å². The average Bonchev–Trinajstić information content (AvgIpc) is 2.65. The van der Waals surface area contributed by atoms with Crippen molar-refractivity contribution in [3.05, 3.63) is 80.5 Å². The number of carbonyl (C=O) groups excluding carboxylic acids is 1. The summed E-state index contributed by atoms with van der Waals surface area (Å²) < 4.78 is 2.50. The average molecular weight is 351 g/mol. The zero-order valence-electron chi connectivity index (χ0n) is 14.9. The van der Waals surface area contributed by atoms with Crippen LogP contribution in [0.4, 0.5) is 0 Å². The molecule has 1 heterocycles. The summed E-state index contributed by atoms with van der Waals surface area (Å²) in [6.45, 7) is 4.25. The molecule has 6 nitrogen and oxygen atoms in total. The van der Waals surface area contributed by atoms with Crippen LogP contribution in [0, 0.1) is 6.92 Å². The molecule has 1 amide bonds. The Morgan fingerprint density at radius 1 is 1.00 bits per heavy atom. The third-order valence-corrected chi connectivity index (χ3v) is 4.36. The number of rotatable bonds is 5. The monoisotopic (exact) mass is 351 g/mol. The highest BCUT2D eigenvalue weighted by molar-refractivity contribution is 5.81. The molecule has 0 saturated carbocycles. The number of nitrogens with one attached hydrogen (secondary N) is 1. The first-order valence-corrected chi connectivity index (χ1v) is 8.56. The van der Waals surface area contributed by atoms with E-state index >= 15 is 0 Å². The van der Waals surface area contributed by atoms with Crippen LogP contribution in [0.15, 0.2) is 58.1 Å². The second-order valence-electron chi connectivity index (χ2n) is 6.20. The highest BCUT2D eigenvalue weighted by Crippen LogP contribution is 2.07. The zero-order valence-corrected chi connectivity index (χ0v) is 14.9. The van der Waals surface area contributed by atoms with Crippen LogP contribution in [0.1, 0.15) is 18.1 Å². The van der Waals surface area contributed by atoms with Gasteiger partial charge in [-0.05, 0) is 31.5 Å². The maximum atomic E-state index is 12.6. The third kappa shape index (κ3) is 3.44. The lowest BCUT2D eigenvalue weighted by Crippen LogP contribution is -2.42. The Hall–Kier alpha value is -3.15. The van der Waals surface area contributed by atoms with Crippen molar-refractivity contribution in [2.24, 2.45) is 0 Å². The van der Waals surface area contributed by atoms with Gasteiger partial charge in [0, 0.05) is 13.1 Å². The molecule has 0 radical (unpaired) electrons. The van der Waals surface area contributed by atoms with E-state index in [0.29, 0.717) is 17.4 Å². The highest BCUT2D eigenvalue weighted by atomic mass is 16.2. The minimum Gasteiger partial charge on any atom is -0.350 e. The quantitative estimate of drug-likeness (QED) is 0.762. The fraction of sp³-hybridized carbons (Fsp3) is 0.250. The maximum absolute atomic E-state index is 12.6. The van der Waals surface area contributed by atoms with E-state index in [1.165, 1.54) is 4.57 Å². The number of aromatic nitrogens is 2. The van der Waals surface area contributed by atoms with E-state index in [-0.39, 0.29) is 24.6 Å². The lowest BCUT2D eigenvalue weighted by atomic mass is 10.1. The molecule has 0 bridgehead atoms. The Morgan fingerprint density at radius 3 is 2.38 bits per heavy atom. The number of hydrogen-bond donors (Lipinski definition) is 1. The smallest absolute Gasteiger partial charge is 0.331 e. The van der Waals surface area contributed by atoms with Crippen LogP contribution in [0.25, 0.3) is 10.9 Å². The van der Waals surface area contributed by atoms with Crippen molar-refractivity contribution in [1.29, 1.82) is 0 Å². The third-order valence-electron chi connectivity index (χ3n) is 4.36. The Bertz CT molecular complexity index is 1060. The van der Waals surface area contributed by atoms with Crippen molar-refractivity contribution in [2.75, 3.05) is 0 Å². The predicted molar refractivity (Wildman–Crippen MR) is 101 cm³/mol. The molecule has 0 spiro atoms. The minimum atomic E-state index is -0.471. The van der Waals surface area contributed by atoms with Gasteiger partial charge in [0.15, 0.2) is 0 Å². The van der Waals surface area contributed by atoms with Crippen molar-refractivity contribution in [3.8, 4) is 0 Å². The molecule has 0 fully saturated rings. The molecular weight excluding hydrogens is 330 g/mol. The van der Waals surface area contributed by atoms with E-state index in [1.54, 1.807) is 31.2 Å². The van der Waals surface area contributed by atoms with E-state index in [0.717, 1.165) is 15.7 Å². The van der Waals surface area contributed by atoms with Gasteiger partial charge < -0.3 is 5.32 Å². The van der Waals surface area contributed by atoms with Crippen LogP contribution in [0.5, 0.6) is 0 Å². The highest BCUT2D eigenvalue weighted by Gasteiger charge is 2.14. The van der Waals surface area contributed by atoms with Crippen molar-refractivity contribution < 1.29 is 4.79 Å². The number of para-hydroxylation sites is 1. The number of amides is 1. The van der Waals surface area contributed by atoms with E-state index < -0.39 is 5.69 Å². The first-order valence-electron chi connectivity index (χ1n) is 8.56. The maximum Gasteiger partial charge on any atom is 0.331 e. The van der Waals surface area contributed by atoms with Crippen molar-refractivity contribution >= 4 is 16.8 Å². The number of aryl methyl sites for hydroxylation is 1. The summed E-state index contributed by atoms with van der Waals surface area (Å²) in [5.74, 6) is -0.279. The molecule has 134 valence electrons. The second-order valence-corrected chi connectivity index (χ2v) is 6.20. The van der Waals surface area contributed by atoms with Gasteiger partial charge in [-0.1, -0.05) is 42.0 Å². The molecule has 1 aromatic heterocycles. The largest absolute Gasteiger partial charge is 0.350 e. The van der Waals surface area contributed by atoms with Crippen molar-refractivity contribution in [3.63, 3.8) is 0 Å². The molecule has 0 saturated heterocycles. The molecular formula is C20H21N3O3. The summed E-state index contributed by atoms with van der Waals surface area (Å²) in [6.07, 6.45) is 0. The topological polar surface area (TPSA) is 73.1 Å². The molecule has 1 N–H and O–H groups in total. The van der Waals surface area contributed by atoms with Gasteiger partial charge in [0.05, 0.1) is 10.9 Å². The Kier molecular flexibility index (Phi) is 5.02. The van der Waals surface area contributed by atoms with Gasteiger partial charge in [-0.2, -0.15) is 0 Å². The van der Waals surface area contributed by atoms with Gasteiger partial charge in [-0.15, -0.1) is 0 Å². The minimum absolute atomic E-state index is 0.133. The van der Waals surface area contributed by atoms with E-state index in [9.17, 15) is 14.4 Å². The predicted octanol–water partition coefficient (Wildman–Crippen LogP) is 1.81. The van der Waals surface area contributed by atoms with Crippen molar-refractivity contribution in [1.82, 2.24) is 14.5 Å². The number of hydrogen-bond acceptors (Lipinski definition) is 3. The summed E-state index contributed by atoms with van der Waals surface area (Å²) >= 11 is 0. The first-order chi connectivity index (χ1) is 12.5. The van der Waals surface area contributed by atoms with Crippen molar-refractivity contribution in [2.45, 2.75) is 33.5 Å². The lowest BCUT2D eigenvalue weighted by molar-refractivity contribution is -0.121. The Labute approximate surface area is 150 Å². The number of nitrogens with zero attached hydrogens (tertiary/aromatic N) is 2. The molecule has 0 aliphatic rings. The fourth-order valence-corrected chi connectivity index (χ4v) is 2.91. The summed E-state index contributed by atoms with van der Waals surface area (Å²) in [5.41, 5.74) is 1.81. The molecule has 26 heavy (non-hydrogen) atoms. The zero-order chi connectivity index (χ0) is 18.7. The summed E-state index contributed by atoms with van der Waals surface area (Å²) in [4.78, 5) is 37.4. The van der Waals surface area contributed by atoms with Gasteiger partial charge in [-0.3, -0.25) is 18.7 Å². The van der Waals surface area contributed by atoms with Crippen LogP contribution in [0.3, 0.4) is 0 Å². The van der Waals surface area contributed by atoms with Crippen LogP contribution < -0.4 is 16.6 Å². The number of carbonyl (C=O) groups is 1. The van der Waals surface area contributed by atoms with Crippen LogP contribution >= 0.6 is 0 Å². The van der Waals surface area contributed by atoms with E-state index in [1.807, 2.05) is 31.2 Å². The van der Waals surface area contributed by atoms with Gasteiger partial charge >= 0.3 is 5.69 Å². The number of fused-ring (bicyclic) bond motifs is 1. The van der Waals surface area contributed by atoms with Crippen LogP contribution in [-0.4, -0.2) is 15.0 Å². The number of benzene rings is 2. The molecule has 0 aliphatic heterocycles. The van der Waals surface area contributed by atoms with Crippen LogP contribution in [0.2, 0.25) is 0 Å². The van der Waals surface area contributed by atoms with Gasteiger partial charge in [-0.25, -0.2) is 4.79 Å². The molecule has 2 aromatic carbocycles. The SMILES string of the molecule is CCn1c(=O)c2ccccc2n(CC(=O)NCc2ccc(C)cc2)c1=O. The Balaban J connectivity index is 1.88. The summed E-state index contributed by atoms with van der Waals surface area (Å²) in [7, 11) is 0. The lowest BCUT2D eigenvalue weighted by Gasteiger charge is -2.13. The molecule has 0 unspecified atom stereocenters. The summed E-state index contributed by atoms with van der Waals surface area (Å²) in [5, 5.41) is 3.26. The summed E-state index contributed by atoms with van der Waals surface area (Å²) in [6, 6.07) is 14.7. The molecule has 0 atom stereocenters. The standard InChI is InChI=1S/C20H21N3O3/c1-3-22-19(25)16-6-4-5-7-17(16)23(20(22)26)13-18(24)21-12-15-10-8-14(2)9-11-15/h4-11H,3,12-13H2,1-2H3,(H,21,24). The second kappa shape index (κ2) is 7.39. The molecule has 3 rings (SSSR count). The van der Waals surface area contributed by atoms with E-state index in [2.05, 4.69) is 5.32 Å². The molecule has 6 heteroatoms. The fourth-order valence-electron chi connectivity index (χ4n) is 2.91.